The molecule has 0 aliphatic carbocycles. The van der Waals surface area contributed by atoms with Gasteiger partial charge in [0.15, 0.2) is 0 Å². The smallest absolute Gasteiger partial charge is 0.123 e. The molecule has 3 heteroatoms. The summed E-state index contributed by atoms with van der Waals surface area (Å²) >= 11 is 0. The predicted molar refractivity (Wildman–Crippen MR) is 84.6 cm³/mol. The van der Waals surface area contributed by atoms with Gasteiger partial charge in [-0.2, -0.15) is 0 Å². The summed E-state index contributed by atoms with van der Waals surface area (Å²) in [5.41, 5.74) is 2.62. The van der Waals surface area contributed by atoms with Crippen molar-refractivity contribution in [2.75, 3.05) is 6.54 Å². The Morgan fingerprint density at radius 2 is 2.05 bits per heavy atom. The molecule has 1 aromatic carbocycles. The van der Waals surface area contributed by atoms with Gasteiger partial charge in [-0.1, -0.05) is 25.1 Å². The van der Waals surface area contributed by atoms with E-state index in [9.17, 15) is 0 Å². The summed E-state index contributed by atoms with van der Waals surface area (Å²) in [7, 11) is 0. The Kier molecular flexibility index (Phi) is 4.51. The lowest BCUT2D eigenvalue weighted by Crippen LogP contribution is -2.44. The number of fused-ring (bicyclic) bond motifs is 1. The Morgan fingerprint density at radius 1 is 1.24 bits per heavy atom. The molecule has 1 aliphatic heterocycles. The van der Waals surface area contributed by atoms with Crippen LogP contribution in [0, 0.1) is 0 Å². The van der Waals surface area contributed by atoms with E-state index in [2.05, 4.69) is 47.6 Å². The standard InChI is InChI=1S/C18H22N2O/c1-2-9-20-16(12-14-7-10-19-11-8-14)18-13-15-5-3-4-6-17(15)21-18/h3-8,10-11,16,18,20H,2,9,12-13H2,1H3. The lowest BCUT2D eigenvalue weighted by Gasteiger charge is -2.24. The maximum absolute atomic E-state index is 6.16. The van der Waals surface area contributed by atoms with Crippen LogP contribution in [0.15, 0.2) is 48.8 Å². The molecule has 2 heterocycles. The van der Waals surface area contributed by atoms with Crippen LogP contribution in [0.1, 0.15) is 24.5 Å². The second kappa shape index (κ2) is 6.72. The molecule has 110 valence electrons. The lowest BCUT2D eigenvalue weighted by atomic mass is 9.98. The molecule has 0 radical (unpaired) electrons. The van der Waals surface area contributed by atoms with Gasteiger partial charge in [-0.05, 0) is 48.7 Å². The molecule has 0 fully saturated rings. The predicted octanol–water partition coefficient (Wildman–Crippen LogP) is 3.00. The highest BCUT2D eigenvalue weighted by Gasteiger charge is 2.29. The van der Waals surface area contributed by atoms with Crippen LogP contribution in [0.4, 0.5) is 0 Å². The van der Waals surface area contributed by atoms with Gasteiger partial charge < -0.3 is 10.1 Å². The molecule has 2 unspecified atom stereocenters. The molecular weight excluding hydrogens is 260 g/mol. The van der Waals surface area contributed by atoms with Crippen molar-refractivity contribution in [2.24, 2.45) is 0 Å². The first kappa shape index (κ1) is 14.1. The molecule has 0 spiro atoms. The van der Waals surface area contributed by atoms with Crippen molar-refractivity contribution in [3.8, 4) is 5.75 Å². The Morgan fingerprint density at radius 3 is 2.81 bits per heavy atom. The summed E-state index contributed by atoms with van der Waals surface area (Å²) in [6.45, 7) is 3.21. The summed E-state index contributed by atoms with van der Waals surface area (Å²) in [4.78, 5) is 4.09. The van der Waals surface area contributed by atoms with Crippen molar-refractivity contribution in [3.05, 3.63) is 59.9 Å². The molecule has 1 N–H and O–H groups in total. The van der Waals surface area contributed by atoms with E-state index in [4.69, 9.17) is 4.74 Å². The Hall–Kier alpha value is -1.87. The molecule has 3 nitrogen and oxygen atoms in total. The highest BCUT2D eigenvalue weighted by molar-refractivity contribution is 5.37. The highest BCUT2D eigenvalue weighted by atomic mass is 16.5. The lowest BCUT2D eigenvalue weighted by molar-refractivity contribution is 0.177. The number of nitrogens with zero attached hydrogens (tertiary/aromatic N) is 1. The van der Waals surface area contributed by atoms with Crippen molar-refractivity contribution in [2.45, 2.75) is 38.3 Å². The van der Waals surface area contributed by atoms with Crippen LogP contribution >= 0.6 is 0 Å². The van der Waals surface area contributed by atoms with E-state index in [0.717, 1.165) is 31.6 Å². The molecule has 3 rings (SSSR count). The van der Waals surface area contributed by atoms with Gasteiger partial charge in [0.2, 0.25) is 0 Å². The van der Waals surface area contributed by atoms with E-state index < -0.39 is 0 Å². The first-order valence-electron chi connectivity index (χ1n) is 7.73. The largest absolute Gasteiger partial charge is 0.488 e. The number of hydrogen-bond donors (Lipinski definition) is 1. The van der Waals surface area contributed by atoms with E-state index in [1.165, 1.54) is 11.1 Å². The number of aromatic nitrogens is 1. The van der Waals surface area contributed by atoms with Crippen LogP contribution in [0.3, 0.4) is 0 Å². The fourth-order valence-corrected chi connectivity index (χ4v) is 2.87. The van der Waals surface area contributed by atoms with Gasteiger partial charge in [0.1, 0.15) is 11.9 Å². The third-order valence-corrected chi connectivity index (χ3v) is 3.98. The normalized spacial score (nSPS) is 18.0. The van der Waals surface area contributed by atoms with Crippen LogP contribution in [0.25, 0.3) is 0 Å². The minimum absolute atomic E-state index is 0.210. The summed E-state index contributed by atoms with van der Waals surface area (Å²) in [6, 6.07) is 12.9. The van der Waals surface area contributed by atoms with Crippen LogP contribution < -0.4 is 10.1 Å². The van der Waals surface area contributed by atoms with Crippen LogP contribution in [-0.4, -0.2) is 23.7 Å². The molecule has 1 aromatic heterocycles. The van der Waals surface area contributed by atoms with Crippen LogP contribution in [-0.2, 0) is 12.8 Å². The minimum atomic E-state index is 0.210. The van der Waals surface area contributed by atoms with Crippen LogP contribution in [0.2, 0.25) is 0 Å². The second-order valence-electron chi connectivity index (χ2n) is 5.59. The van der Waals surface area contributed by atoms with Crippen molar-refractivity contribution in [1.82, 2.24) is 10.3 Å². The van der Waals surface area contributed by atoms with Crippen molar-refractivity contribution >= 4 is 0 Å². The fraction of sp³-hybridized carbons (Fsp3) is 0.389. The van der Waals surface area contributed by atoms with E-state index in [1.807, 2.05) is 18.5 Å². The fourth-order valence-electron chi connectivity index (χ4n) is 2.87. The molecule has 0 bridgehead atoms. The zero-order chi connectivity index (χ0) is 14.5. The molecule has 0 amide bonds. The van der Waals surface area contributed by atoms with Gasteiger partial charge in [-0.25, -0.2) is 0 Å². The maximum atomic E-state index is 6.16. The number of rotatable bonds is 6. The topological polar surface area (TPSA) is 34.2 Å². The zero-order valence-corrected chi connectivity index (χ0v) is 12.5. The minimum Gasteiger partial charge on any atom is -0.488 e. The van der Waals surface area contributed by atoms with E-state index in [0.29, 0.717) is 6.04 Å². The SMILES string of the molecule is CCCNC(Cc1ccncc1)C1Cc2ccccc2O1. The summed E-state index contributed by atoms with van der Waals surface area (Å²) in [6.07, 6.45) is 7.02. The monoisotopic (exact) mass is 282 g/mol. The Labute approximate surface area is 126 Å². The zero-order valence-electron chi connectivity index (χ0n) is 12.5. The van der Waals surface area contributed by atoms with Crippen molar-refractivity contribution < 1.29 is 4.74 Å². The number of hydrogen-bond acceptors (Lipinski definition) is 3. The Bertz CT molecular complexity index is 545. The average molecular weight is 282 g/mol. The van der Waals surface area contributed by atoms with Gasteiger partial charge in [-0.3, -0.25) is 4.98 Å². The van der Waals surface area contributed by atoms with Gasteiger partial charge in [-0.15, -0.1) is 0 Å². The molecule has 2 atom stereocenters. The molecule has 1 aliphatic rings. The number of benzene rings is 1. The van der Waals surface area contributed by atoms with E-state index in [1.54, 1.807) is 0 Å². The molecule has 21 heavy (non-hydrogen) atoms. The van der Waals surface area contributed by atoms with Gasteiger partial charge >= 0.3 is 0 Å². The average Bonchev–Trinajstić information content (AvgIpc) is 2.96. The van der Waals surface area contributed by atoms with Crippen LogP contribution in [0.5, 0.6) is 5.75 Å². The molecule has 2 aromatic rings. The quantitative estimate of drug-likeness (QED) is 0.884. The van der Waals surface area contributed by atoms with Gasteiger partial charge in [0.05, 0.1) is 0 Å². The number of ether oxygens (including phenoxy) is 1. The summed E-state index contributed by atoms with van der Waals surface area (Å²) in [5, 5.41) is 3.65. The van der Waals surface area contributed by atoms with Gasteiger partial charge in [0, 0.05) is 24.9 Å². The Balaban J connectivity index is 1.71. The van der Waals surface area contributed by atoms with E-state index in [-0.39, 0.29) is 6.10 Å². The number of nitrogens with one attached hydrogen (secondary N) is 1. The van der Waals surface area contributed by atoms with Crippen molar-refractivity contribution in [3.63, 3.8) is 0 Å². The van der Waals surface area contributed by atoms with Gasteiger partial charge in [0.25, 0.3) is 0 Å². The van der Waals surface area contributed by atoms with Crippen molar-refractivity contribution in [1.29, 1.82) is 0 Å². The van der Waals surface area contributed by atoms with E-state index >= 15 is 0 Å². The number of pyridine rings is 1. The second-order valence-corrected chi connectivity index (χ2v) is 5.59. The first-order valence-corrected chi connectivity index (χ1v) is 7.73. The number of para-hydroxylation sites is 1. The molecular formula is C18H22N2O. The highest BCUT2D eigenvalue weighted by Crippen LogP contribution is 2.30. The summed E-state index contributed by atoms with van der Waals surface area (Å²) in [5.74, 6) is 1.04. The summed E-state index contributed by atoms with van der Waals surface area (Å²) < 4.78 is 6.16. The first-order chi connectivity index (χ1) is 10.4. The molecule has 0 saturated heterocycles. The molecule has 0 saturated carbocycles. The third-order valence-electron chi connectivity index (χ3n) is 3.98. The maximum Gasteiger partial charge on any atom is 0.123 e. The third kappa shape index (κ3) is 3.42.